The molecule has 1 aromatic heterocycles. The number of pyridine rings is 1. The number of hydrogen-bond donors (Lipinski definition) is 0. The molecule has 0 N–H and O–H groups in total. The quantitative estimate of drug-likeness (QED) is 0.464. The Labute approximate surface area is 149 Å². The number of amides is 1. The van der Waals surface area contributed by atoms with E-state index in [-0.39, 0.29) is 16.5 Å². The highest BCUT2D eigenvalue weighted by molar-refractivity contribution is 7.99. The molecule has 25 heavy (non-hydrogen) atoms. The van der Waals surface area contributed by atoms with Crippen LogP contribution in [0.2, 0.25) is 0 Å². The van der Waals surface area contributed by atoms with Gasteiger partial charge in [-0.15, -0.1) is 0 Å². The maximum atomic E-state index is 12.3. The van der Waals surface area contributed by atoms with E-state index in [1.807, 2.05) is 23.1 Å². The predicted molar refractivity (Wildman–Crippen MR) is 96.9 cm³/mol. The summed E-state index contributed by atoms with van der Waals surface area (Å²) in [5.74, 6) is 0.417. The van der Waals surface area contributed by atoms with Crippen LogP contribution in [0.1, 0.15) is 0 Å². The molecule has 2 aromatic rings. The fraction of sp³-hybridized carbons (Fsp3) is 0.294. The number of nitrogens with zero attached hydrogens (tertiary/aromatic N) is 4. The molecule has 2 heterocycles. The molecule has 7 nitrogen and oxygen atoms in total. The number of rotatable bonds is 5. The molecular weight excluding hydrogens is 340 g/mol. The summed E-state index contributed by atoms with van der Waals surface area (Å²) in [6.45, 7) is 2.30. The van der Waals surface area contributed by atoms with Gasteiger partial charge in [0.15, 0.2) is 0 Å². The van der Waals surface area contributed by atoms with E-state index >= 15 is 0 Å². The minimum absolute atomic E-state index is 0.0675. The second-order valence-electron chi connectivity index (χ2n) is 5.57. The van der Waals surface area contributed by atoms with Gasteiger partial charge in [0.05, 0.1) is 15.7 Å². The lowest BCUT2D eigenvalue weighted by Gasteiger charge is -2.35. The average molecular weight is 358 g/mol. The molecule has 1 aromatic carbocycles. The van der Waals surface area contributed by atoms with Gasteiger partial charge in [-0.05, 0) is 18.2 Å². The minimum atomic E-state index is -0.365. The molecule has 0 unspecified atom stereocenters. The van der Waals surface area contributed by atoms with Gasteiger partial charge in [0.25, 0.3) is 5.69 Å². The first-order valence-corrected chi connectivity index (χ1v) is 8.93. The lowest BCUT2D eigenvalue weighted by molar-refractivity contribution is -0.384. The van der Waals surface area contributed by atoms with Crippen molar-refractivity contribution in [3.8, 4) is 0 Å². The molecule has 130 valence electrons. The number of para-hydroxylation sites is 2. The van der Waals surface area contributed by atoms with E-state index in [4.69, 9.17) is 0 Å². The van der Waals surface area contributed by atoms with Crippen LogP contribution < -0.4 is 4.90 Å². The Morgan fingerprint density at radius 1 is 1.12 bits per heavy atom. The Morgan fingerprint density at radius 3 is 2.52 bits per heavy atom. The van der Waals surface area contributed by atoms with Crippen LogP contribution in [-0.2, 0) is 4.79 Å². The number of carbonyl (C=O) groups is 1. The van der Waals surface area contributed by atoms with Crippen LogP contribution in [0.15, 0.2) is 53.7 Å². The van der Waals surface area contributed by atoms with Crippen LogP contribution in [0, 0.1) is 10.1 Å². The van der Waals surface area contributed by atoms with Crippen LogP contribution in [0.3, 0.4) is 0 Å². The Kier molecular flexibility index (Phi) is 5.49. The zero-order chi connectivity index (χ0) is 17.6. The Hall–Kier alpha value is -2.61. The van der Waals surface area contributed by atoms with Crippen molar-refractivity contribution in [2.24, 2.45) is 0 Å². The number of benzene rings is 1. The van der Waals surface area contributed by atoms with Crippen molar-refractivity contribution in [1.29, 1.82) is 0 Å². The van der Waals surface area contributed by atoms with E-state index in [9.17, 15) is 14.9 Å². The highest BCUT2D eigenvalue weighted by Crippen LogP contribution is 2.28. The first-order valence-electron chi connectivity index (χ1n) is 7.95. The first kappa shape index (κ1) is 17.2. The molecule has 0 bridgehead atoms. The third kappa shape index (κ3) is 4.27. The summed E-state index contributed by atoms with van der Waals surface area (Å²) in [5, 5.41) is 12.0. The van der Waals surface area contributed by atoms with Crippen LogP contribution in [-0.4, -0.2) is 52.6 Å². The zero-order valence-corrected chi connectivity index (χ0v) is 14.4. The van der Waals surface area contributed by atoms with Crippen molar-refractivity contribution in [2.75, 3.05) is 36.8 Å². The number of hydrogen-bond acceptors (Lipinski definition) is 6. The number of nitro groups is 1. The van der Waals surface area contributed by atoms with Crippen molar-refractivity contribution in [1.82, 2.24) is 9.88 Å². The van der Waals surface area contributed by atoms with Crippen LogP contribution in [0.4, 0.5) is 11.4 Å². The molecule has 0 radical (unpaired) electrons. The molecule has 0 aliphatic carbocycles. The van der Waals surface area contributed by atoms with Gasteiger partial charge in [0.2, 0.25) is 5.91 Å². The molecule has 1 aliphatic heterocycles. The largest absolute Gasteiger partial charge is 0.362 e. The van der Waals surface area contributed by atoms with Gasteiger partial charge in [0, 0.05) is 38.4 Å². The molecule has 0 saturated carbocycles. The summed E-state index contributed by atoms with van der Waals surface area (Å²) < 4.78 is 0. The SMILES string of the molecule is O=C(CSc1ccccn1)N1CCN(c2ccccc2[N+](=O)[O-])CC1. The fourth-order valence-corrected chi connectivity index (χ4v) is 3.51. The highest BCUT2D eigenvalue weighted by Gasteiger charge is 2.25. The molecule has 1 fully saturated rings. The Balaban J connectivity index is 1.55. The van der Waals surface area contributed by atoms with Gasteiger partial charge in [-0.2, -0.15) is 0 Å². The van der Waals surface area contributed by atoms with Crippen molar-refractivity contribution in [3.63, 3.8) is 0 Å². The van der Waals surface area contributed by atoms with Gasteiger partial charge < -0.3 is 9.80 Å². The molecule has 1 amide bonds. The lowest BCUT2D eigenvalue weighted by atomic mass is 10.2. The van der Waals surface area contributed by atoms with E-state index < -0.39 is 0 Å². The summed E-state index contributed by atoms with van der Waals surface area (Å²) in [7, 11) is 0. The van der Waals surface area contributed by atoms with Crippen molar-refractivity contribution < 1.29 is 9.72 Å². The maximum Gasteiger partial charge on any atom is 0.292 e. The molecule has 0 atom stereocenters. The number of carbonyl (C=O) groups excluding carboxylic acids is 1. The lowest BCUT2D eigenvalue weighted by Crippen LogP contribution is -2.49. The van der Waals surface area contributed by atoms with Gasteiger partial charge in [0.1, 0.15) is 5.69 Å². The monoisotopic (exact) mass is 358 g/mol. The van der Waals surface area contributed by atoms with Crippen molar-refractivity contribution in [3.05, 3.63) is 58.8 Å². The predicted octanol–water partition coefficient (Wildman–Crippen LogP) is 2.43. The fourth-order valence-electron chi connectivity index (χ4n) is 2.74. The summed E-state index contributed by atoms with van der Waals surface area (Å²) in [4.78, 5) is 31.1. The normalized spacial score (nSPS) is 14.4. The van der Waals surface area contributed by atoms with Crippen molar-refractivity contribution in [2.45, 2.75) is 5.03 Å². The number of nitro benzene ring substituents is 1. The average Bonchev–Trinajstić information content (AvgIpc) is 2.67. The second kappa shape index (κ2) is 7.98. The first-order chi connectivity index (χ1) is 12.1. The van der Waals surface area contributed by atoms with Crippen molar-refractivity contribution >= 4 is 29.0 Å². The smallest absolute Gasteiger partial charge is 0.292 e. The van der Waals surface area contributed by atoms with E-state index in [2.05, 4.69) is 4.98 Å². The Morgan fingerprint density at radius 2 is 1.84 bits per heavy atom. The molecule has 3 rings (SSSR count). The number of aromatic nitrogens is 1. The molecule has 1 aliphatic rings. The standard InChI is InChI=1S/C17H18N4O3S/c22-17(13-25-16-7-3-4-8-18-16)20-11-9-19(10-12-20)14-5-1-2-6-15(14)21(23)24/h1-8H,9-13H2. The molecule has 1 saturated heterocycles. The Bertz CT molecular complexity index is 749. The van der Waals surface area contributed by atoms with Gasteiger partial charge in [-0.25, -0.2) is 4.98 Å². The van der Waals surface area contributed by atoms with Gasteiger partial charge in [-0.1, -0.05) is 30.0 Å². The summed E-state index contributed by atoms with van der Waals surface area (Å²) in [5.41, 5.74) is 0.718. The molecule has 8 heteroatoms. The third-order valence-corrected chi connectivity index (χ3v) is 4.96. The maximum absolute atomic E-state index is 12.3. The van der Waals surface area contributed by atoms with Gasteiger partial charge >= 0.3 is 0 Å². The zero-order valence-electron chi connectivity index (χ0n) is 13.6. The van der Waals surface area contributed by atoms with Crippen LogP contribution in [0.5, 0.6) is 0 Å². The number of anilines is 1. The minimum Gasteiger partial charge on any atom is -0.362 e. The number of piperazine rings is 1. The number of thioether (sulfide) groups is 1. The van der Waals surface area contributed by atoms with E-state index in [0.717, 1.165) is 5.03 Å². The van der Waals surface area contributed by atoms with Gasteiger partial charge in [-0.3, -0.25) is 14.9 Å². The molecule has 0 spiro atoms. The van der Waals surface area contributed by atoms with Crippen LogP contribution in [0.25, 0.3) is 0 Å². The van der Waals surface area contributed by atoms with Crippen LogP contribution >= 0.6 is 11.8 Å². The van der Waals surface area contributed by atoms with E-state index in [0.29, 0.717) is 37.6 Å². The van der Waals surface area contributed by atoms with E-state index in [1.165, 1.54) is 17.8 Å². The molecular formula is C17H18N4O3S. The topological polar surface area (TPSA) is 79.6 Å². The third-order valence-electron chi connectivity index (χ3n) is 4.03. The summed E-state index contributed by atoms with van der Waals surface area (Å²) in [6.07, 6.45) is 1.71. The summed E-state index contributed by atoms with van der Waals surface area (Å²) >= 11 is 1.42. The highest BCUT2D eigenvalue weighted by atomic mass is 32.2. The second-order valence-corrected chi connectivity index (χ2v) is 6.57. The summed E-state index contributed by atoms with van der Waals surface area (Å²) in [6, 6.07) is 12.3. The van der Waals surface area contributed by atoms with E-state index in [1.54, 1.807) is 29.3 Å².